The van der Waals surface area contributed by atoms with Crippen molar-refractivity contribution < 1.29 is 27.8 Å². The minimum Gasteiger partial charge on any atom is -0.388 e. The second kappa shape index (κ2) is 8.36. The summed E-state index contributed by atoms with van der Waals surface area (Å²) in [5.41, 5.74) is 6.98. The SMILES string of the molecule is Cc1cc2cc(C(=O)N(Cc3ccc(C(F)(F)F)cn3)[C@@H]3COC[C@H]3O)ccc2nc1N. The molecule has 0 radical (unpaired) electrons. The van der Waals surface area contributed by atoms with Gasteiger partial charge in [-0.15, -0.1) is 0 Å². The monoisotopic (exact) mass is 446 g/mol. The van der Waals surface area contributed by atoms with E-state index in [1.54, 1.807) is 18.2 Å². The van der Waals surface area contributed by atoms with E-state index in [9.17, 15) is 23.1 Å². The fourth-order valence-corrected chi connectivity index (χ4v) is 3.63. The zero-order valence-corrected chi connectivity index (χ0v) is 17.1. The molecule has 1 aliphatic heterocycles. The number of nitrogen functional groups attached to an aromatic ring is 1. The van der Waals surface area contributed by atoms with Crippen molar-refractivity contribution in [3.63, 3.8) is 0 Å². The molecule has 1 aromatic carbocycles. The van der Waals surface area contributed by atoms with Gasteiger partial charge in [-0.1, -0.05) is 0 Å². The molecule has 3 N–H and O–H groups in total. The summed E-state index contributed by atoms with van der Waals surface area (Å²) < 4.78 is 43.8. The molecule has 0 spiro atoms. The Labute approximate surface area is 181 Å². The van der Waals surface area contributed by atoms with Crippen LogP contribution >= 0.6 is 0 Å². The molecule has 1 aliphatic rings. The summed E-state index contributed by atoms with van der Waals surface area (Å²) in [6.07, 6.45) is -4.69. The zero-order chi connectivity index (χ0) is 23.0. The number of benzene rings is 1. The molecule has 7 nitrogen and oxygen atoms in total. The summed E-state index contributed by atoms with van der Waals surface area (Å²) in [5.74, 6) is -0.00423. The molecule has 0 unspecified atom stereocenters. The van der Waals surface area contributed by atoms with Gasteiger partial charge in [0.25, 0.3) is 5.91 Å². The minimum absolute atomic E-state index is 0.0645. The van der Waals surface area contributed by atoms with Gasteiger partial charge < -0.3 is 20.5 Å². The van der Waals surface area contributed by atoms with E-state index in [-0.39, 0.29) is 25.5 Å². The number of amides is 1. The summed E-state index contributed by atoms with van der Waals surface area (Å²) in [6.45, 7) is 1.90. The lowest BCUT2D eigenvalue weighted by molar-refractivity contribution is -0.137. The second-order valence-corrected chi connectivity index (χ2v) is 7.74. The van der Waals surface area contributed by atoms with Crippen LogP contribution in [0.25, 0.3) is 10.9 Å². The van der Waals surface area contributed by atoms with Gasteiger partial charge in [0.05, 0.1) is 48.7 Å². The number of alkyl halides is 3. The third-order valence-corrected chi connectivity index (χ3v) is 5.46. The summed E-state index contributed by atoms with van der Waals surface area (Å²) in [5, 5.41) is 11.0. The molecule has 10 heteroatoms. The molecule has 0 aliphatic carbocycles. The highest BCUT2D eigenvalue weighted by molar-refractivity contribution is 5.98. The number of halogens is 3. The van der Waals surface area contributed by atoms with Crippen LogP contribution in [0.15, 0.2) is 42.6 Å². The lowest BCUT2D eigenvalue weighted by atomic mass is 10.1. The number of aryl methyl sites for hydroxylation is 1. The minimum atomic E-state index is -4.50. The first-order valence-electron chi connectivity index (χ1n) is 9.89. The van der Waals surface area contributed by atoms with Crippen molar-refractivity contribution >= 4 is 22.6 Å². The van der Waals surface area contributed by atoms with Crippen molar-refractivity contribution in [3.05, 3.63) is 65.0 Å². The van der Waals surface area contributed by atoms with Crippen molar-refractivity contribution in [2.75, 3.05) is 18.9 Å². The Morgan fingerprint density at radius 2 is 2.03 bits per heavy atom. The van der Waals surface area contributed by atoms with Crippen LogP contribution in [0.3, 0.4) is 0 Å². The maximum atomic E-state index is 13.4. The molecule has 1 fully saturated rings. The zero-order valence-electron chi connectivity index (χ0n) is 17.1. The molecule has 2 atom stereocenters. The van der Waals surface area contributed by atoms with Crippen molar-refractivity contribution in [2.45, 2.75) is 31.8 Å². The number of aromatic nitrogens is 2. The molecule has 168 valence electrons. The quantitative estimate of drug-likeness (QED) is 0.639. The third kappa shape index (κ3) is 4.37. The largest absolute Gasteiger partial charge is 0.417 e. The van der Waals surface area contributed by atoms with E-state index < -0.39 is 29.8 Å². The van der Waals surface area contributed by atoms with Crippen LogP contribution in [0.5, 0.6) is 0 Å². The first-order valence-corrected chi connectivity index (χ1v) is 9.89. The van der Waals surface area contributed by atoms with Gasteiger partial charge in [0.2, 0.25) is 0 Å². The number of nitrogens with zero attached hydrogens (tertiary/aromatic N) is 3. The Morgan fingerprint density at radius 1 is 1.25 bits per heavy atom. The van der Waals surface area contributed by atoms with Crippen LogP contribution in [-0.4, -0.2) is 51.2 Å². The number of aliphatic hydroxyl groups is 1. The van der Waals surface area contributed by atoms with Crippen LogP contribution in [-0.2, 0) is 17.5 Å². The predicted molar refractivity (Wildman–Crippen MR) is 111 cm³/mol. The highest BCUT2D eigenvalue weighted by atomic mass is 19.4. The molecular formula is C22H21F3N4O3. The summed E-state index contributed by atoms with van der Waals surface area (Å²) in [7, 11) is 0. The topological polar surface area (TPSA) is 102 Å². The molecule has 3 aromatic rings. The van der Waals surface area contributed by atoms with Gasteiger partial charge in [0.1, 0.15) is 5.82 Å². The average Bonchev–Trinajstić information content (AvgIpc) is 3.17. The van der Waals surface area contributed by atoms with Crippen molar-refractivity contribution in [1.29, 1.82) is 0 Å². The average molecular weight is 446 g/mol. The van der Waals surface area contributed by atoms with Crippen molar-refractivity contribution in [2.24, 2.45) is 0 Å². The lowest BCUT2D eigenvalue weighted by Crippen LogP contribution is -2.46. The van der Waals surface area contributed by atoms with E-state index in [0.29, 0.717) is 16.9 Å². The van der Waals surface area contributed by atoms with Gasteiger partial charge in [0, 0.05) is 17.1 Å². The van der Waals surface area contributed by atoms with E-state index in [0.717, 1.165) is 23.2 Å². The van der Waals surface area contributed by atoms with E-state index >= 15 is 0 Å². The standard InChI is InChI=1S/C22H21F3N4O3/c1-12-6-14-7-13(2-5-17(14)28-20(12)26)21(31)29(18-10-32-11-19(18)30)9-16-4-3-15(8-27-16)22(23,24)25/h2-8,18-19,30H,9-11H2,1H3,(H2,26,28)/t18-,19-/m1/s1. The number of rotatable bonds is 4. The number of ether oxygens (including phenoxy) is 1. The van der Waals surface area contributed by atoms with Crippen molar-refractivity contribution in [3.8, 4) is 0 Å². The van der Waals surface area contributed by atoms with Gasteiger partial charge in [-0.25, -0.2) is 4.98 Å². The molecule has 4 rings (SSSR count). The number of anilines is 1. The molecule has 2 aromatic heterocycles. The normalized spacial score (nSPS) is 18.8. The Morgan fingerprint density at radius 3 is 2.66 bits per heavy atom. The molecule has 32 heavy (non-hydrogen) atoms. The molecule has 1 saturated heterocycles. The molecule has 1 amide bonds. The molecule has 0 bridgehead atoms. The van der Waals surface area contributed by atoms with Crippen molar-refractivity contribution in [1.82, 2.24) is 14.9 Å². The first-order chi connectivity index (χ1) is 15.1. The second-order valence-electron chi connectivity index (χ2n) is 7.74. The Balaban J connectivity index is 1.66. The van der Waals surface area contributed by atoms with E-state index in [1.165, 1.54) is 11.0 Å². The molecule has 0 saturated carbocycles. The van der Waals surface area contributed by atoms with E-state index in [1.807, 2.05) is 13.0 Å². The van der Waals surface area contributed by atoms with E-state index in [4.69, 9.17) is 10.5 Å². The van der Waals surface area contributed by atoms with Crippen LogP contribution in [0.1, 0.15) is 27.2 Å². The molecule has 3 heterocycles. The van der Waals surface area contributed by atoms with Crippen LogP contribution < -0.4 is 5.73 Å². The highest BCUT2D eigenvalue weighted by Gasteiger charge is 2.36. The van der Waals surface area contributed by atoms with Crippen LogP contribution in [0.4, 0.5) is 19.0 Å². The lowest BCUT2D eigenvalue weighted by Gasteiger charge is -2.30. The number of fused-ring (bicyclic) bond motifs is 1. The number of nitrogens with two attached hydrogens (primary N) is 1. The number of hydrogen-bond donors (Lipinski definition) is 2. The predicted octanol–water partition coefficient (Wildman–Crippen LogP) is 2.94. The number of hydrogen-bond acceptors (Lipinski definition) is 6. The number of aliphatic hydroxyl groups excluding tert-OH is 1. The Hall–Kier alpha value is -3.24. The van der Waals surface area contributed by atoms with Gasteiger partial charge in [-0.3, -0.25) is 9.78 Å². The number of carbonyl (C=O) groups is 1. The van der Waals surface area contributed by atoms with Gasteiger partial charge >= 0.3 is 6.18 Å². The van der Waals surface area contributed by atoms with Gasteiger partial charge in [-0.05, 0) is 48.9 Å². The maximum absolute atomic E-state index is 13.4. The Bertz CT molecular complexity index is 1150. The smallest absolute Gasteiger partial charge is 0.388 e. The molecular weight excluding hydrogens is 425 g/mol. The third-order valence-electron chi connectivity index (χ3n) is 5.46. The fraction of sp³-hybridized carbons (Fsp3) is 0.318. The first kappa shape index (κ1) is 22.0. The van der Waals surface area contributed by atoms with Crippen LogP contribution in [0, 0.1) is 6.92 Å². The van der Waals surface area contributed by atoms with Gasteiger partial charge in [0.15, 0.2) is 0 Å². The number of pyridine rings is 2. The summed E-state index contributed by atoms with van der Waals surface area (Å²) in [6, 6.07) is 8.25. The summed E-state index contributed by atoms with van der Waals surface area (Å²) in [4.78, 5) is 23.0. The Kier molecular flexibility index (Phi) is 5.74. The maximum Gasteiger partial charge on any atom is 0.417 e. The van der Waals surface area contributed by atoms with Crippen LogP contribution in [0.2, 0.25) is 0 Å². The number of carbonyl (C=O) groups excluding carboxylic acids is 1. The summed E-state index contributed by atoms with van der Waals surface area (Å²) >= 11 is 0. The fourth-order valence-electron chi connectivity index (χ4n) is 3.63. The van der Waals surface area contributed by atoms with E-state index in [2.05, 4.69) is 9.97 Å². The highest BCUT2D eigenvalue weighted by Crippen LogP contribution is 2.29. The van der Waals surface area contributed by atoms with Gasteiger partial charge in [-0.2, -0.15) is 13.2 Å².